The van der Waals surface area contributed by atoms with Crippen molar-refractivity contribution in [2.24, 2.45) is 5.41 Å². The lowest BCUT2D eigenvalue weighted by molar-refractivity contribution is -0.141. The minimum absolute atomic E-state index is 0.262. The van der Waals surface area contributed by atoms with E-state index in [1.807, 2.05) is 31.2 Å². The molecule has 0 saturated heterocycles. The summed E-state index contributed by atoms with van der Waals surface area (Å²) in [4.78, 5) is 23.5. The highest BCUT2D eigenvalue weighted by molar-refractivity contribution is 6.15. The maximum absolute atomic E-state index is 12.3. The van der Waals surface area contributed by atoms with Crippen molar-refractivity contribution in [3.8, 4) is 0 Å². The summed E-state index contributed by atoms with van der Waals surface area (Å²) in [6.45, 7) is 2.02. The van der Waals surface area contributed by atoms with Crippen LogP contribution in [-0.2, 0) is 4.79 Å². The van der Waals surface area contributed by atoms with E-state index in [1.165, 1.54) is 0 Å². The third-order valence-corrected chi connectivity index (χ3v) is 3.85. The van der Waals surface area contributed by atoms with Crippen molar-refractivity contribution in [2.75, 3.05) is 0 Å². The number of carbonyl (C=O) groups is 2. The van der Waals surface area contributed by atoms with E-state index in [1.54, 1.807) is 12.1 Å². The topological polar surface area (TPSA) is 54.4 Å². The standard InChI is InChI=1S/C16H14O3/c1-10-2-3-12-9-13(5-4-11(12)8-10)14(17)16(6-7-16)15(18)19/h2-5,8-9H,6-7H2,1H3,(H,18,19). The van der Waals surface area contributed by atoms with E-state index in [4.69, 9.17) is 5.11 Å². The number of fused-ring (bicyclic) bond motifs is 1. The fourth-order valence-electron chi connectivity index (χ4n) is 2.45. The van der Waals surface area contributed by atoms with Gasteiger partial charge in [0.25, 0.3) is 0 Å². The summed E-state index contributed by atoms with van der Waals surface area (Å²) in [7, 11) is 0. The number of hydrogen-bond donors (Lipinski definition) is 1. The van der Waals surface area contributed by atoms with Crippen LogP contribution in [0.1, 0.15) is 28.8 Å². The van der Waals surface area contributed by atoms with E-state index in [-0.39, 0.29) is 5.78 Å². The van der Waals surface area contributed by atoms with Crippen LogP contribution in [0.3, 0.4) is 0 Å². The Hall–Kier alpha value is -2.16. The molecule has 3 nitrogen and oxygen atoms in total. The van der Waals surface area contributed by atoms with Crippen molar-refractivity contribution in [3.05, 3.63) is 47.5 Å². The zero-order chi connectivity index (χ0) is 13.6. The molecule has 0 unspecified atom stereocenters. The molecule has 2 aromatic rings. The molecule has 0 atom stereocenters. The molecule has 0 bridgehead atoms. The van der Waals surface area contributed by atoms with Gasteiger partial charge in [-0.1, -0.05) is 35.9 Å². The molecule has 1 saturated carbocycles. The van der Waals surface area contributed by atoms with Gasteiger partial charge in [-0.2, -0.15) is 0 Å². The van der Waals surface area contributed by atoms with E-state index < -0.39 is 11.4 Å². The van der Waals surface area contributed by atoms with Crippen LogP contribution in [-0.4, -0.2) is 16.9 Å². The molecule has 1 N–H and O–H groups in total. The van der Waals surface area contributed by atoms with Gasteiger partial charge in [-0.15, -0.1) is 0 Å². The number of aryl methyl sites for hydroxylation is 1. The monoisotopic (exact) mass is 254 g/mol. The zero-order valence-corrected chi connectivity index (χ0v) is 10.6. The molecule has 0 spiro atoms. The van der Waals surface area contributed by atoms with Gasteiger partial charge in [0.15, 0.2) is 5.78 Å². The normalized spacial score (nSPS) is 16.3. The number of hydrogen-bond acceptors (Lipinski definition) is 2. The Kier molecular flexibility index (Phi) is 2.45. The summed E-state index contributed by atoms with van der Waals surface area (Å²) in [6, 6.07) is 11.4. The Balaban J connectivity index is 2.05. The molecule has 0 heterocycles. The first kappa shape index (κ1) is 11.9. The quantitative estimate of drug-likeness (QED) is 0.676. The lowest BCUT2D eigenvalue weighted by atomic mass is 9.93. The number of carbonyl (C=O) groups excluding carboxylic acids is 1. The van der Waals surface area contributed by atoms with E-state index in [0.29, 0.717) is 18.4 Å². The van der Waals surface area contributed by atoms with Crippen molar-refractivity contribution in [1.29, 1.82) is 0 Å². The molecule has 96 valence electrons. The zero-order valence-electron chi connectivity index (χ0n) is 10.6. The maximum atomic E-state index is 12.3. The lowest BCUT2D eigenvalue weighted by Gasteiger charge is -2.09. The van der Waals surface area contributed by atoms with Crippen molar-refractivity contribution in [2.45, 2.75) is 19.8 Å². The highest BCUT2D eigenvalue weighted by Gasteiger charge is 2.56. The Labute approximate surface area is 110 Å². The first-order valence-electron chi connectivity index (χ1n) is 6.32. The Bertz CT molecular complexity index is 696. The number of aliphatic carboxylic acids is 1. The number of rotatable bonds is 3. The highest BCUT2D eigenvalue weighted by Crippen LogP contribution is 2.48. The highest BCUT2D eigenvalue weighted by atomic mass is 16.4. The Morgan fingerprint density at radius 3 is 2.32 bits per heavy atom. The molecule has 2 aromatic carbocycles. The van der Waals surface area contributed by atoms with Gasteiger partial charge in [-0.25, -0.2) is 0 Å². The van der Waals surface area contributed by atoms with E-state index >= 15 is 0 Å². The first-order chi connectivity index (χ1) is 9.03. The minimum atomic E-state index is -1.15. The second-order valence-electron chi connectivity index (χ2n) is 5.28. The van der Waals surface area contributed by atoms with Crippen molar-refractivity contribution < 1.29 is 14.7 Å². The predicted molar refractivity (Wildman–Crippen MR) is 72.3 cm³/mol. The Morgan fingerprint density at radius 1 is 1.05 bits per heavy atom. The molecular formula is C16H14O3. The van der Waals surface area contributed by atoms with E-state index in [0.717, 1.165) is 16.3 Å². The third-order valence-electron chi connectivity index (χ3n) is 3.85. The fourth-order valence-corrected chi connectivity index (χ4v) is 2.45. The molecule has 1 fully saturated rings. The number of carboxylic acid groups (broad SMARTS) is 1. The van der Waals surface area contributed by atoms with Gasteiger partial charge in [-0.3, -0.25) is 9.59 Å². The second-order valence-corrected chi connectivity index (χ2v) is 5.28. The summed E-state index contributed by atoms with van der Waals surface area (Å²) in [5, 5.41) is 11.2. The van der Waals surface area contributed by atoms with Gasteiger partial charge in [0.2, 0.25) is 0 Å². The average Bonchev–Trinajstić information content (AvgIpc) is 3.18. The van der Waals surface area contributed by atoms with E-state index in [9.17, 15) is 9.59 Å². The largest absolute Gasteiger partial charge is 0.480 e. The van der Waals surface area contributed by atoms with Crippen molar-refractivity contribution in [3.63, 3.8) is 0 Å². The molecular weight excluding hydrogens is 240 g/mol. The molecule has 0 amide bonds. The lowest BCUT2D eigenvalue weighted by Crippen LogP contribution is -2.25. The van der Waals surface area contributed by atoms with Crippen LogP contribution in [0.2, 0.25) is 0 Å². The second kappa shape index (κ2) is 3.92. The molecule has 1 aliphatic carbocycles. The van der Waals surface area contributed by atoms with Gasteiger partial charge in [-0.05, 0) is 36.6 Å². The van der Waals surface area contributed by atoms with Gasteiger partial charge in [0.1, 0.15) is 5.41 Å². The molecule has 3 rings (SSSR count). The van der Waals surface area contributed by atoms with Crippen LogP contribution in [0, 0.1) is 12.3 Å². The number of carboxylic acids is 1. The van der Waals surface area contributed by atoms with Gasteiger partial charge >= 0.3 is 5.97 Å². The molecule has 0 aliphatic heterocycles. The third kappa shape index (κ3) is 1.82. The first-order valence-corrected chi connectivity index (χ1v) is 6.32. The number of Topliss-reactive ketones (excluding diaryl/α,β-unsaturated/α-hetero) is 1. The van der Waals surface area contributed by atoms with Crippen LogP contribution in [0.4, 0.5) is 0 Å². The van der Waals surface area contributed by atoms with Crippen LogP contribution < -0.4 is 0 Å². The van der Waals surface area contributed by atoms with Crippen LogP contribution in [0.25, 0.3) is 10.8 Å². The van der Waals surface area contributed by atoms with Gasteiger partial charge < -0.3 is 5.11 Å². The van der Waals surface area contributed by atoms with Gasteiger partial charge in [0, 0.05) is 5.56 Å². The molecule has 3 heteroatoms. The van der Waals surface area contributed by atoms with Crippen molar-refractivity contribution in [1.82, 2.24) is 0 Å². The minimum Gasteiger partial charge on any atom is -0.480 e. The number of benzene rings is 2. The molecule has 19 heavy (non-hydrogen) atoms. The summed E-state index contributed by atoms with van der Waals surface area (Å²) >= 11 is 0. The maximum Gasteiger partial charge on any atom is 0.317 e. The fraction of sp³-hybridized carbons (Fsp3) is 0.250. The SMILES string of the molecule is Cc1ccc2cc(C(=O)C3(C(=O)O)CC3)ccc2c1. The molecule has 0 radical (unpaired) electrons. The van der Waals surface area contributed by atoms with Crippen LogP contribution in [0.15, 0.2) is 36.4 Å². The summed E-state index contributed by atoms with van der Waals surface area (Å²) in [5.74, 6) is -1.26. The summed E-state index contributed by atoms with van der Waals surface area (Å²) in [6.07, 6.45) is 0.903. The summed E-state index contributed by atoms with van der Waals surface area (Å²) in [5.41, 5.74) is 0.505. The number of ketones is 1. The Morgan fingerprint density at radius 2 is 1.68 bits per heavy atom. The van der Waals surface area contributed by atoms with E-state index in [2.05, 4.69) is 0 Å². The summed E-state index contributed by atoms with van der Waals surface area (Å²) < 4.78 is 0. The molecule has 1 aliphatic rings. The predicted octanol–water partition coefficient (Wildman–Crippen LogP) is 3.20. The van der Waals surface area contributed by atoms with Crippen LogP contribution >= 0.6 is 0 Å². The molecule has 0 aromatic heterocycles. The average molecular weight is 254 g/mol. The smallest absolute Gasteiger partial charge is 0.317 e. The van der Waals surface area contributed by atoms with Crippen LogP contribution in [0.5, 0.6) is 0 Å². The van der Waals surface area contributed by atoms with Gasteiger partial charge in [0.05, 0.1) is 0 Å². The van der Waals surface area contributed by atoms with Crippen molar-refractivity contribution >= 4 is 22.5 Å².